The normalized spacial score (nSPS) is 20.4. The number of aryl methyl sites for hydroxylation is 1. The van der Waals surface area contributed by atoms with Crippen molar-refractivity contribution in [1.29, 1.82) is 0 Å². The highest BCUT2D eigenvalue weighted by atomic mass is 32.2. The molecule has 1 unspecified atom stereocenters. The highest BCUT2D eigenvalue weighted by Crippen LogP contribution is 2.34. The Bertz CT molecular complexity index is 818. The predicted octanol–water partition coefficient (Wildman–Crippen LogP) is 4.56. The van der Waals surface area contributed by atoms with Crippen LogP contribution in [0, 0.1) is 12.8 Å². The van der Waals surface area contributed by atoms with Gasteiger partial charge in [-0.3, -0.25) is 4.79 Å². The van der Waals surface area contributed by atoms with Crippen LogP contribution >= 0.6 is 11.8 Å². The summed E-state index contributed by atoms with van der Waals surface area (Å²) in [5.41, 5.74) is 1.25. The minimum Gasteiger partial charge on any atom is -0.354 e. The van der Waals surface area contributed by atoms with Gasteiger partial charge in [0.15, 0.2) is 5.82 Å². The molecule has 29 heavy (non-hydrogen) atoms. The molecular formula is C23H30N4OS. The van der Waals surface area contributed by atoms with E-state index in [1.165, 1.54) is 18.4 Å². The van der Waals surface area contributed by atoms with Crippen molar-refractivity contribution in [3.8, 4) is 0 Å². The van der Waals surface area contributed by atoms with Gasteiger partial charge in [-0.05, 0) is 44.7 Å². The van der Waals surface area contributed by atoms with Crippen molar-refractivity contribution in [2.24, 2.45) is 5.92 Å². The summed E-state index contributed by atoms with van der Waals surface area (Å²) in [6.45, 7) is 5.63. The third-order valence-corrected chi connectivity index (χ3v) is 6.86. The molecule has 2 aromatic rings. The Balaban J connectivity index is 1.48. The van der Waals surface area contributed by atoms with Gasteiger partial charge in [0.25, 0.3) is 0 Å². The molecule has 3 heterocycles. The Morgan fingerprint density at radius 1 is 0.966 bits per heavy atom. The van der Waals surface area contributed by atoms with Gasteiger partial charge in [0.2, 0.25) is 5.91 Å². The maximum atomic E-state index is 13.1. The topological polar surface area (TPSA) is 49.3 Å². The molecule has 1 atom stereocenters. The van der Waals surface area contributed by atoms with Crippen molar-refractivity contribution >= 4 is 23.5 Å². The van der Waals surface area contributed by atoms with Crippen LogP contribution < -0.4 is 4.90 Å². The monoisotopic (exact) mass is 410 g/mol. The van der Waals surface area contributed by atoms with Crippen molar-refractivity contribution in [3.05, 3.63) is 42.2 Å². The summed E-state index contributed by atoms with van der Waals surface area (Å²) in [7, 11) is 0. The van der Waals surface area contributed by atoms with Gasteiger partial charge >= 0.3 is 0 Å². The molecule has 0 radical (unpaired) electrons. The van der Waals surface area contributed by atoms with Crippen molar-refractivity contribution in [2.45, 2.75) is 55.4 Å². The van der Waals surface area contributed by atoms with E-state index in [1.54, 1.807) is 24.2 Å². The number of hydrogen-bond acceptors (Lipinski definition) is 5. The fourth-order valence-corrected chi connectivity index (χ4v) is 5.13. The molecule has 5 nitrogen and oxygen atoms in total. The lowest BCUT2D eigenvalue weighted by Gasteiger charge is -2.35. The van der Waals surface area contributed by atoms with Crippen molar-refractivity contribution in [1.82, 2.24) is 14.9 Å². The third-order valence-electron chi connectivity index (χ3n) is 5.87. The Kier molecular flexibility index (Phi) is 6.70. The summed E-state index contributed by atoms with van der Waals surface area (Å²) in [6.07, 6.45) is 10.3. The van der Waals surface area contributed by atoms with Gasteiger partial charge in [0.05, 0.1) is 5.92 Å². The molecule has 1 aromatic heterocycles. The van der Waals surface area contributed by atoms with Crippen LogP contribution in [-0.2, 0) is 4.79 Å². The van der Waals surface area contributed by atoms with Crippen LogP contribution in [0.15, 0.2) is 46.6 Å². The quantitative estimate of drug-likeness (QED) is 0.740. The average molecular weight is 411 g/mol. The van der Waals surface area contributed by atoms with Crippen LogP contribution in [0.4, 0.5) is 5.82 Å². The second-order valence-corrected chi connectivity index (χ2v) is 9.19. The van der Waals surface area contributed by atoms with E-state index in [2.05, 4.69) is 51.0 Å². The minimum absolute atomic E-state index is 0.0704. The smallest absolute Gasteiger partial charge is 0.227 e. The van der Waals surface area contributed by atoms with E-state index in [0.29, 0.717) is 5.91 Å². The molecular weight excluding hydrogens is 380 g/mol. The Hall–Kier alpha value is -2.08. The summed E-state index contributed by atoms with van der Waals surface area (Å²) >= 11 is 1.65. The first-order valence-electron chi connectivity index (χ1n) is 10.8. The summed E-state index contributed by atoms with van der Waals surface area (Å²) < 4.78 is 0. The number of benzene rings is 1. The number of anilines is 1. The van der Waals surface area contributed by atoms with Gasteiger partial charge in [-0.2, -0.15) is 0 Å². The summed E-state index contributed by atoms with van der Waals surface area (Å²) in [4.78, 5) is 28.0. The molecule has 2 fully saturated rings. The summed E-state index contributed by atoms with van der Waals surface area (Å²) in [5, 5.41) is 0.916. The lowest BCUT2D eigenvalue weighted by molar-refractivity contribution is -0.135. The van der Waals surface area contributed by atoms with Crippen molar-refractivity contribution < 1.29 is 4.79 Å². The van der Waals surface area contributed by atoms with Gasteiger partial charge in [-0.15, -0.1) is 0 Å². The second kappa shape index (κ2) is 9.61. The molecule has 0 spiro atoms. The molecule has 2 saturated heterocycles. The zero-order chi connectivity index (χ0) is 20.1. The predicted molar refractivity (Wildman–Crippen MR) is 117 cm³/mol. The molecule has 1 aromatic carbocycles. The maximum absolute atomic E-state index is 13.1. The standard InChI is InChI=1S/C23H30N4OS/c1-18-8-10-20(11-9-18)29-22-21(24-12-13-25-22)27-16-6-7-19(17-27)23(28)26-14-4-2-3-5-15-26/h8-13,19H,2-7,14-17H2,1H3. The Labute approximate surface area is 177 Å². The summed E-state index contributed by atoms with van der Waals surface area (Å²) in [5.74, 6) is 1.32. The van der Waals surface area contributed by atoms with Crippen LogP contribution in [0.25, 0.3) is 0 Å². The molecule has 2 aliphatic heterocycles. The van der Waals surface area contributed by atoms with E-state index in [0.717, 1.165) is 67.6 Å². The zero-order valence-electron chi connectivity index (χ0n) is 17.2. The molecule has 154 valence electrons. The molecule has 2 aliphatic rings. The second-order valence-electron chi connectivity index (χ2n) is 8.12. The van der Waals surface area contributed by atoms with Gasteiger partial charge in [-0.25, -0.2) is 9.97 Å². The fourth-order valence-electron chi connectivity index (χ4n) is 4.25. The van der Waals surface area contributed by atoms with Gasteiger partial charge in [-0.1, -0.05) is 42.3 Å². The molecule has 0 saturated carbocycles. The first-order chi connectivity index (χ1) is 14.2. The van der Waals surface area contributed by atoms with Crippen LogP contribution in [-0.4, -0.2) is 47.0 Å². The maximum Gasteiger partial charge on any atom is 0.227 e. The van der Waals surface area contributed by atoms with Crippen LogP contribution in [0.1, 0.15) is 44.1 Å². The SMILES string of the molecule is Cc1ccc(Sc2nccnc2N2CCCC(C(=O)N3CCCCCC3)C2)cc1. The zero-order valence-corrected chi connectivity index (χ0v) is 18.0. The van der Waals surface area contributed by atoms with Crippen LogP contribution in [0.2, 0.25) is 0 Å². The largest absolute Gasteiger partial charge is 0.354 e. The average Bonchev–Trinajstić information content (AvgIpc) is 3.05. The molecule has 1 amide bonds. The molecule has 0 N–H and O–H groups in total. The van der Waals surface area contributed by atoms with E-state index >= 15 is 0 Å². The molecule has 0 bridgehead atoms. The minimum atomic E-state index is 0.0704. The fraction of sp³-hybridized carbons (Fsp3) is 0.522. The van der Waals surface area contributed by atoms with E-state index in [9.17, 15) is 4.79 Å². The van der Waals surface area contributed by atoms with Gasteiger partial charge in [0, 0.05) is 43.5 Å². The number of nitrogens with zero attached hydrogens (tertiary/aromatic N) is 4. The highest BCUT2D eigenvalue weighted by molar-refractivity contribution is 7.99. The molecule has 6 heteroatoms. The highest BCUT2D eigenvalue weighted by Gasteiger charge is 2.31. The summed E-state index contributed by atoms with van der Waals surface area (Å²) in [6, 6.07) is 8.49. The van der Waals surface area contributed by atoms with E-state index in [1.807, 2.05) is 0 Å². The lowest BCUT2D eigenvalue weighted by Crippen LogP contribution is -2.45. The number of aromatic nitrogens is 2. The number of hydrogen-bond donors (Lipinski definition) is 0. The van der Waals surface area contributed by atoms with Crippen molar-refractivity contribution in [3.63, 3.8) is 0 Å². The van der Waals surface area contributed by atoms with Gasteiger partial charge < -0.3 is 9.80 Å². The van der Waals surface area contributed by atoms with Crippen LogP contribution in [0.3, 0.4) is 0 Å². The lowest BCUT2D eigenvalue weighted by atomic mass is 9.96. The van der Waals surface area contributed by atoms with E-state index < -0.39 is 0 Å². The number of amides is 1. The Morgan fingerprint density at radius 3 is 2.45 bits per heavy atom. The first-order valence-corrected chi connectivity index (χ1v) is 11.6. The number of carbonyl (C=O) groups is 1. The molecule has 0 aliphatic carbocycles. The number of rotatable bonds is 4. The number of piperidine rings is 1. The Morgan fingerprint density at radius 2 is 1.69 bits per heavy atom. The first kappa shape index (κ1) is 20.2. The van der Waals surface area contributed by atoms with Crippen molar-refractivity contribution in [2.75, 3.05) is 31.1 Å². The van der Waals surface area contributed by atoms with E-state index in [4.69, 9.17) is 0 Å². The van der Waals surface area contributed by atoms with Gasteiger partial charge in [0.1, 0.15) is 5.03 Å². The molecule has 4 rings (SSSR count). The van der Waals surface area contributed by atoms with E-state index in [-0.39, 0.29) is 5.92 Å². The number of likely N-dealkylation sites (tertiary alicyclic amines) is 1. The third kappa shape index (κ3) is 5.10. The van der Waals surface area contributed by atoms with Crippen LogP contribution in [0.5, 0.6) is 0 Å². The number of carbonyl (C=O) groups excluding carboxylic acids is 1.